The maximum absolute atomic E-state index is 5.59. The van der Waals surface area contributed by atoms with Gasteiger partial charge in [-0.3, -0.25) is 4.90 Å². The molecule has 0 saturated carbocycles. The minimum Gasteiger partial charge on any atom is -0.444 e. The first-order valence-corrected chi connectivity index (χ1v) is 8.82. The molecule has 1 atom stereocenters. The van der Waals surface area contributed by atoms with Crippen LogP contribution in [0.3, 0.4) is 0 Å². The fourth-order valence-corrected chi connectivity index (χ4v) is 2.94. The zero-order valence-corrected chi connectivity index (χ0v) is 15.4. The largest absolute Gasteiger partial charge is 0.444 e. The van der Waals surface area contributed by atoms with Crippen LogP contribution in [0.15, 0.2) is 9.41 Å². The van der Waals surface area contributed by atoms with Crippen molar-refractivity contribution in [2.45, 2.75) is 46.2 Å². The third kappa shape index (κ3) is 5.49. The molecular formula is C17H31N5O2. The number of hydrogen-bond donors (Lipinski definition) is 2. The molecule has 2 N–H and O–H groups in total. The van der Waals surface area contributed by atoms with E-state index in [-0.39, 0.29) is 0 Å². The molecule has 0 amide bonds. The number of methoxy groups -OCH3 is 1. The SMILES string of the molecule is CCNC(=NCc1nc(C)c(C)o1)NCC1CCCN1CCOC. The highest BCUT2D eigenvalue weighted by Crippen LogP contribution is 2.15. The van der Waals surface area contributed by atoms with Crippen molar-refractivity contribution in [1.29, 1.82) is 0 Å². The minimum atomic E-state index is 0.446. The monoisotopic (exact) mass is 337 g/mol. The van der Waals surface area contributed by atoms with Gasteiger partial charge >= 0.3 is 0 Å². The summed E-state index contributed by atoms with van der Waals surface area (Å²) in [6.45, 7) is 11.0. The van der Waals surface area contributed by atoms with E-state index in [9.17, 15) is 0 Å². The van der Waals surface area contributed by atoms with Gasteiger partial charge in [-0.2, -0.15) is 0 Å². The molecule has 1 saturated heterocycles. The summed E-state index contributed by atoms with van der Waals surface area (Å²) >= 11 is 0. The number of nitrogens with zero attached hydrogens (tertiary/aromatic N) is 3. The number of aromatic nitrogens is 1. The van der Waals surface area contributed by atoms with Crippen LogP contribution in [0, 0.1) is 13.8 Å². The van der Waals surface area contributed by atoms with Crippen LogP contribution in [0.1, 0.15) is 37.1 Å². The molecule has 1 aromatic heterocycles. The molecular weight excluding hydrogens is 306 g/mol. The standard InChI is InChI=1S/C17H31N5O2/c1-5-18-17(20-12-16-21-13(2)14(3)24-16)19-11-15-7-6-8-22(15)9-10-23-4/h15H,5-12H2,1-4H3,(H2,18,19,20). The van der Waals surface area contributed by atoms with Crippen molar-refractivity contribution in [2.75, 3.05) is 39.9 Å². The number of nitrogens with one attached hydrogen (secondary N) is 2. The maximum Gasteiger partial charge on any atom is 0.216 e. The minimum absolute atomic E-state index is 0.446. The molecule has 0 aromatic carbocycles. The van der Waals surface area contributed by atoms with Crippen LogP contribution in [0.2, 0.25) is 0 Å². The number of aliphatic imine (C=N–C) groups is 1. The Morgan fingerprint density at radius 3 is 2.92 bits per heavy atom. The normalized spacial score (nSPS) is 19.0. The molecule has 0 radical (unpaired) electrons. The van der Waals surface area contributed by atoms with E-state index in [0.717, 1.165) is 50.2 Å². The first-order valence-electron chi connectivity index (χ1n) is 8.82. The van der Waals surface area contributed by atoms with Crippen LogP contribution >= 0.6 is 0 Å². The van der Waals surface area contributed by atoms with E-state index in [1.807, 2.05) is 13.8 Å². The zero-order valence-electron chi connectivity index (χ0n) is 15.4. The van der Waals surface area contributed by atoms with Gasteiger partial charge in [-0.05, 0) is 40.2 Å². The molecule has 136 valence electrons. The Bertz CT molecular complexity index is 510. The van der Waals surface area contributed by atoms with E-state index in [1.165, 1.54) is 12.8 Å². The fraction of sp³-hybridized carbons (Fsp3) is 0.765. The van der Waals surface area contributed by atoms with Gasteiger partial charge in [-0.1, -0.05) is 0 Å². The summed E-state index contributed by atoms with van der Waals surface area (Å²) < 4.78 is 10.8. The van der Waals surface area contributed by atoms with Crippen molar-refractivity contribution in [1.82, 2.24) is 20.5 Å². The topological polar surface area (TPSA) is 74.9 Å². The van der Waals surface area contributed by atoms with Gasteiger partial charge in [-0.25, -0.2) is 9.98 Å². The van der Waals surface area contributed by atoms with Crippen LogP contribution in [0.25, 0.3) is 0 Å². The summed E-state index contributed by atoms with van der Waals surface area (Å²) in [5.74, 6) is 2.33. The number of oxazole rings is 1. The predicted molar refractivity (Wildman–Crippen MR) is 95.3 cm³/mol. The van der Waals surface area contributed by atoms with E-state index in [0.29, 0.717) is 18.5 Å². The van der Waals surface area contributed by atoms with E-state index in [1.54, 1.807) is 7.11 Å². The Labute approximate surface area is 144 Å². The first kappa shape index (κ1) is 18.7. The molecule has 7 heteroatoms. The summed E-state index contributed by atoms with van der Waals surface area (Å²) in [6.07, 6.45) is 2.47. The quantitative estimate of drug-likeness (QED) is 0.552. The molecule has 1 unspecified atom stereocenters. The average Bonchev–Trinajstić information content (AvgIpc) is 3.14. The Hall–Kier alpha value is -1.60. The van der Waals surface area contributed by atoms with Gasteiger partial charge in [0, 0.05) is 32.8 Å². The third-order valence-corrected chi connectivity index (χ3v) is 4.38. The highest BCUT2D eigenvalue weighted by Gasteiger charge is 2.23. The lowest BCUT2D eigenvalue weighted by Crippen LogP contribution is -2.45. The van der Waals surface area contributed by atoms with Crippen molar-refractivity contribution >= 4 is 5.96 Å². The number of guanidine groups is 1. The summed E-state index contributed by atoms with van der Waals surface area (Å²) in [4.78, 5) is 11.4. The molecule has 0 bridgehead atoms. The van der Waals surface area contributed by atoms with Crippen LogP contribution in [-0.4, -0.2) is 61.8 Å². The molecule has 2 rings (SSSR count). The second-order valence-corrected chi connectivity index (χ2v) is 6.15. The van der Waals surface area contributed by atoms with E-state index in [4.69, 9.17) is 9.15 Å². The van der Waals surface area contributed by atoms with Gasteiger partial charge in [0.2, 0.25) is 5.89 Å². The van der Waals surface area contributed by atoms with Gasteiger partial charge in [-0.15, -0.1) is 0 Å². The number of hydrogen-bond acceptors (Lipinski definition) is 5. The highest BCUT2D eigenvalue weighted by molar-refractivity contribution is 5.79. The van der Waals surface area contributed by atoms with Crippen molar-refractivity contribution in [2.24, 2.45) is 4.99 Å². The van der Waals surface area contributed by atoms with Crippen molar-refractivity contribution in [3.8, 4) is 0 Å². The van der Waals surface area contributed by atoms with E-state index >= 15 is 0 Å². The van der Waals surface area contributed by atoms with Gasteiger partial charge in [0.25, 0.3) is 0 Å². The molecule has 1 fully saturated rings. The third-order valence-electron chi connectivity index (χ3n) is 4.38. The van der Waals surface area contributed by atoms with Crippen LogP contribution < -0.4 is 10.6 Å². The average molecular weight is 337 g/mol. The van der Waals surface area contributed by atoms with Crippen LogP contribution in [0.4, 0.5) is 0 Å². The Morgan fingerprint density at radius 1 is 1.42 bits per heavy atom. The number of aryl methyl sites for hydroxylation is 2. The maximum atomic E-state index is 5.59. The summed E-state index contributed by atoms with van der Waals surface area (Å²) in [7, 11) is 1.76. The number of rotatable bonds is 8. The second-order valence-electron chi connectivity index (χ2n) is 6.15. The summed E-state index contributed by atoms with van der Waals surface area (Å²) in [5, 5.41) is 6.73. The fourth-order valence-electron chi connectivity index (χ4n) is 2.94. The molecule has 1 aliphatic heterocycles. The highest BCUT2D eigenvalue weighted by atomic mass is 16.5. The second kappa shape index (κ2) is 9.64. The Kier molecular flexibility index (Phi) is 7.52. The zero-order chi connectivity index (χ0) is 17.4. The lowest BCUT2D eigenvalue weighted by atomic mass is 10.2. The van der Waals surface area contributed by atoms with E-state index in [2.05, 4.69) is 32.4 Å². The lowest BCUT2D eigenvalue weighted by molar-refractivity contribution is 0.141. The van der Waals surface area contributed by atoms with Gasteiger partial charge in [0.05, 0.1) is 12.3 Å². The summed E-state index contributed by atoms with van der Waals surface area (Å²) in [5.41, 5.74) is 0.929. The van der Waals surface area contributed by atoms with E-state index < -0.39 is 0 Å². The lowest BCUT2D eigenvalue weighted by Gasteiger charge is -2.25. The molecule has 2 heterocycles. The van der Waals surface area contributed by atoms with Crippen molar-refractivity contribution < 1.29 is 9.15 Å². The van der Waals surface area contributed by atoms with Gasteiger partial charge in [0.15, 0.2) is 5.96 Å². The molecule has 1 aliphatic rings. The van der Waals surface area contributed by atoms with Crippen molar-refractivity contribution in [3.05, 3.63) is 17.3 Å². The number of likely N-dealkylation sites (tertiary alicyclic amines) is 1. The first-order chi connectivity index (χ1) is 11.6. The molecule has 24 heavy (non-hydrogen) atoms. The molecule has 0 aliphatic carbocycles. The molecule has 0 spiro atoms. The van der Waals surface area contributed by atoms with Crippen LogP contribution in [0.5, 0.6) is 0 Å². The predicted octanol–water partition coefficient (Wildman–Crippen LogP) is 1.46. The Balaban J connectivity index is 1.86. The molecule has 1 aromatic rings. The van der Waals surface area contributed by atoms with Gasteiger partial charge in [0.1, 0.15) is 12.3 Å². The smallest absolute Gasteiger partial charge is 0.216 e. The Morgan fingerprint density at radius 2 is 2.25 bits per heavy atom. The van der Waals surface area contributed by atoms with Crippen molar-refractivity contribution in [3.63, 3.8) is 0 Å². The summed E-state index contributed by atoms with van der Waals surface area (Å²) in [6, 6.07) is 0.537. The number of ether oxygens (including phenoxy) is 1. The molecule has 7 nitrogen and oxygen atoms in total. The van der Waals surface area contributed by atoms with Crippen LogP contribution in [-0.2, 0) is 11.3 Å². The van der Waals surface area contributed by atoms with Gasteiger partial charge < -0.3 is 19.8 Å².